The van der Waals surface area contributed by atoms with Crippen LogP contribution in [0.2, 0.25) is 5.02 Å². The van der Waals surface area contributed by atoms with E-state index in [1.54, 1.807) is 36.2 Å². The number of halogens is 1. The van der Waals surface area contributed by atoms with Gasteiger partial charge in [0.05, 0.1) is 18.7 Å². The molecule has 0 aliphatic heterocycles. The lowest BCUT2D eigenvalue weighted by Crippen LogP contribution is -2.24. The van der Waals surface area contributed by atoms with Gasteiger partial charge in [0.15, 0.2) is 0 Å². The van der Waals surface area contributed by atoms with Crippen LogP contribution in [0.5, 0.6) is 0 Å². The van der Waals surface area contributed by atoms with Crippen LogP contribution in [0.4, 0.5) is 0 Å². The van der Waals surface area contributed by atoms with Crippen molar-refractivity contribution in [3.8, 4) is 6.07 Å². The predicted octanol–water partition coefficient (Wildman–Crippen LogP) is 1.83. The summed E-state index contributed by atoms with van der Waals surface area (Å²) in [6, 6.07) is 9.08. The smallest absolute Gasteiger partial charge is 0.0917 e. The van der Waals surface area contributed by atoms with Crippen molar-refractivity contribution in [2.45, 2.75) is 6.10 Å². The number of likely N-dealkylation sites (N-methyl/N-ethyl adjacent to an activating group) is 1. The first-order valence-corrected chi connectivity index (χ1v) is 5.00. The molecule has 1 N–H and O–H groups in total. The summed E-state index contributed by atoms with van der Waals surface area (Å²) >= 11 is 5.74. The van der Waals surface area contributed by atoms with E-state index in [2.05, 4.69) is 0 Å². The second kappa shape index (κ2) is 5.72. The zero-order chi connectivity index (χ0) is 11.3. The molecule has 1 aromatic carbocycles. The Bertz CT molecular complexity index is 345. The molecule has 15 heavy (non-hydrogen) atoms. The minimum Gasteiger partial charge on any atom is -0.387 e. The van der Waals surface area contributed by atoms with Gasteiger partial charge in [-0.15, -0.1) is 0 Å². The summed E-state index contributed by atoms with van der Waals surface area (Å²) in [5, 5.41) is 18.9. The quantitative estimate of drug-likeness (QED) is 0.794. The lowest BCUT2D eigenvalue weighted by molar-refractivity contribution is 0.133. The second-order valence-corrected chi connectivity index (χ2v) is 3.86. The topological polar surface area (TPSA) is 47.3 Å². The maximum atomic E-state index is 9.81. The summed E-state index contributed by atoms with van der Waals surface area (Å²) in [5.41, 5.74) is 0.809. The van der Waals surface area contributed by atoms with Crippen LogP contribution in [0.1, 0.15) is 11.7 Å². The average Bonchev–Trinajstić information content (AvgIpc) is 2.18. The minimum atomic E-state index is -0.583. The van der Waals surface area contributed by atoms with Crippen LogP contribution < -0.4 is 0 Å². The van der Waals surface area contributed by atoms with Crippen molar-refractivity contribution in [2.24, 2.45) is 0 Å². The molecule has 0 aromatic heterocycles. The molecule has 0 aliphatic rings. The van der Waals surface area contributed by atoms with Gasteiger partial charge in [-0.05, 0) is 24.7 Å². The highest BCUT2D eigenvalue weighted by molar-refractivity contribution is 6.30. The van der Waals surface area contributed by atoms with Crippen LogP contribution in [0.15, 0.2) is 24.3 Å². The van der Waals surface area contributed by atoms with Crippen molar-refractivity contribution in [2.75, 3.05) is 20.1 Å². The van der Waals surface area contributed by atoms with Crippen molar-refractivity contribution < 1.29 is 5.11 Å². The van der Waals surface area contributed by atoms with Gasteiger partial charge >= 0.3 is 0 Å². The monoisotopic (exact) mass is 224 g/mol. The molecule has 0 fully saturated rings. The van der Waals surface area contributed by atoms with E-state index in [0.29, 0.717) is 18.1 Å². The maximum Gasteiger partial charge on any atom is 0.0917 e. The van der Waals surface area contributed by atoms with Gasteiger partial charge in [0, 0.05) is 11.6 Å². The number of rotatable bonds is 4. The molecule has 1 rings (SSSR count). The largest absolute Gasteiger partial charge is 0.387 e. The Kier molecular flexibility index (Phi) is 4.57. The number of nitriles is 1. The van der Waals surface area contributed by atoms with E-state index in [-0.39, 0.29) is 0 Å². The van der Waals surface area contributed by atoms with E-state index in [9.17, 15) is 5.11 Å². The number of aliphatic hydroxyl groups excluding tert-OH is 1. The summed E-state index contributed by atoms with van der Waals surface area (Å²) in [6.45, 7) is 0.750. The van der Waals surface area contributed by atoms with Crippen LogP contribution in [-0.4, -0.2) is 30.1 Å². The van der Waals surface area contributed by atoms with E-state index >= 15 is 0 Å². The van der Waals surface area contributed by atoms with Gasteiger partial charge in [0.1, 0.15) is 0 Å². The van der Waals surface area contributed by atoms with E-state index in [1.807, 2.05) is 6.07 Å². The number of hydrogen-bond acceptors (Lipinski definition) is 3. The van der Waals surface area contributed by atoms with Gasteiger partial charge in [-0.3, -0.25) is 4.90 Å². The highest BCUT2D eigenvalue weighted by Gasteiger charge is 2.09. The van der Waals surface area contributed by atoms with Crippen LogP contribution in [-0.2, 0) is 0 Å². The first-order chi connectivity index (χ1) is 7.13. The van der Waals surface area contributed by atoms with Crippen molar-refractivity contribution >= 4 is 11.6 Å². The van der Waals surface area contributed by atoms with Crippen LogP contribution >= 0.6 is 11.6 Å². The van der Waals surface area contributed by atoms with E-state index in [0.717, 1.165) is 5.56 Å². The third-order valence-electron chi connectivity index (χ3n) is 2.08. The predicted molar refractivity (Wildman–Crippen MR) is 59.5 cm³/mol. The van der Waals surface area contributed by atoms with Gasteiger partial charge < -0.3 is 5.11 Å². The van der Waals surface area contributed by atoms with Crippen molar-refractivity contribution in [3.63, 3.8) is 0 Å². The standard InChI is InChI=1S/C11H13ClN2O/c1-14(7-6-13)8-11(15)9-2-4-10(12)5-3-9/h2-5,11,15H,7-8H2,1H3. The van der Waals surface area contributed by atoms with E-state index in [4.69, 9.17) is 16.9 Å². The average molecular weight is 225 g/mol. The molecule has 0 heterocycles. The highest BCUT2D eigenvalue weighted by atomic mass is 35.5. The molecule has 0 radical (unpaired) electrons. The Morgan fingerprint density at radius 1 is 1.47 bits per heavy atom. The summed E-state index contributed by atoms with van der Waals surface area (Å²) in [7, 11) is 1.79. The van der Waals surface area contributed by atoms with Crippen molar-refractivity contribution in [1.29, 1.82) is 5.26 Å². The maximum absolute atomic E-state index is 9.81. The zero-order valence-electron chi connectivity index (χ0n) is 8.52. The molecule has 3 nitrogen and oxygen atoms in total. The number of nitrogens with zero attached hydrogens (tertiary/aromatic N) is 2. The fourth-order valence-corrected chi connectivity index (χ4v) is 1.40. The fourth-order valence-electron chi connectivity index (χ4n) is 1.27. The highest BCUT2D eigenvalue weighted by Crippen LogP contribution is 2.16. The van der Waals surface area contributed by atoms with Gasteiger partial charge in [0.25, 0.3) is 0 Å². The van der Waals surface area contributed by atoms with E-state index < -0.39 is 6.10 Å². The molecule has 4 heteroatoms. The number of benzene rings is 1. The molecular formula is C11H13ClN2O. The van der Waals surface area contributed by atoms with Gasteiger partial charge in [0.2, 0.25) is 0 Å². The van der Waals surface area contributed by atoms with Crippen LogP contribution in [0, 0.1) is 11.3 Å². The Balaban J connectivity index is 2.57. The molecule has 1 unspecified atom stereocenters. The lowest BCUT2D eigenvalue weighted by Gasteiger charge is -2.17. The van der Waals surface area contributed by atoms with Gasteiger partial charge in [-0.2, -0.15) is 5.26 Å². The Hall–Kier alpha value is -1.08. The minimum absolute atomic E-state index is 0.310. The number of aliphatic hydroxyl groups is 1. The molecule has 1 aromatic rings. The Morgan fingerprint density at radius 3 is 2.60 bits per heavy atom. The van der Waals surface area contributed by atoms with Gasteiger partial charge in [-0.1, -0.05) is 23.7 Å². The molecular weight excluding hydrogens is 212 g/mol. The SMILES string of the molecule is CN(CC#N)CC(O)c1ccc(Cl)cc1. The van der Waals surface area contributed by atoms with Crippen molar-refractivity contribution in [3.05, 3.63) is 34.9 Å². The van der Waals surface area contributed by atoms with Crippen LogP contribution in [0.25, 0.3) is 0 Å². The molecule has 0 saturated carbocycles. The van der Waals surface area contributed by atoms with Gasteiger partial charge in [-0.25, -0.2) is 0 Å². The summed E-state index contributed by atoms with van der Waals surface area (Å²) in [4.78, 5) is 1.76. The zero-order valence-corrected chi connectivity index (χ0v) is 9.28. The summed E-state index contributed by atoms with van der Waals surface area (Å²) in [5.74, 6) is 0. The summed E-state index contributed by atoms with van der Waals surface area (Å²) < 4.78 is 0. The third-order valence-corrected chi connectivity index (χ3v) is 2.33. The normalized spacial score (nSPS) is 12.5. The Labute approximate surface area is 94.5 Å². The fraction of sp³-hybridized carbons (Fsp3) is 0.364. The molecule has 80 valence electrons. The van der Waals surface area contributed by atoms with Crippen LogP contribution in [0.3, 0.4) is 0 Å². The Morgan fingerprint density at radius 2 is 2.07 bits per heavy atom. The summed E-state index contributed by atoms with van der Waals surface area (Å²) in [6.07, 6.45) is -0.583. The molecule has 0 saturated heterocycles. The van der Waals surface area contributed by atoms with E-state index in [1.165, 1.54) is 0 Å². The number of hydrogen-bond donors (Lipinski definition) is 1. The molecule has 0 spiro atoms. The first kappa shape index (κ1) is 12.0. The molecule has 0 aliphatic carbocycles. The lowest BCUT2D eigenvalue weighted by atomic mass is 10.1. The second-order valence-electron chi connectivity index (χ2n) is 3.42. The third kappa shape index (κ3) is 3.88. The molecule has 0 amide bonds. The molecule has 0 bridgehead atoms. The first-order valence-electron chi connectivity index (χ1n) is 4.62. The molecule has 1 atom stereocenters. The van der Waals surface area contributed by atoms with Crippen molar-refractivity contribution in [1.82, 2.24) is 4.90 Å².